The highest BCUT2D eigenvalue weighted by Gasteiger charge is 2.38. The summed E-state index contributed by atoms with van der Waals surface area (Å²) in [6.07, 6.45) is -3.15. The second-order valence-electron chi connectivity index (χ2n) is 5.14. The van der Waals surface area contributed by atoms with Gasteiger partial charge in [0.15, 0.2) is 12.4 Å². The minimum Gasteiger partial charge on any atom is -0.542 e. The molecule has 0 radical (unpaired) electrons. The van der Waals surface area contributed by atoms with Crippen LogP contribution in [0.4, 0.5) is 26.3 Å². The first-order chi connectivity index (χ1) is 14.2. The van der Waals surface area contributed by atoms with Crippen LogP contribution in [0.25, 0.3) is 0 Å². The quantitative estimate of drug-likeness (QED) is 0.180. The summed E-state index contributed by atoms with van der Waals surface area (Å²) in [5, 5.41) is 15.9. The fourth-order valence-corrected chi connectivity index (χ4v) is 1.50. The summed E-state index contributed by atoms with van der Waals surface area (Å²) < 4.78 is 70.3. The van der Waals surface area contributed by atoms with E-state index in [2.05, 4.69) is 10.4 Å². The lowest BCUT2D eigenvalue weighted by atomic mass is 10.2. The highest BCUT2D eigenvalue weighted by Crippen LogP contribution is 2.13. The molecule has 0 spiro atoms. The van der Waals surface area contributed by atoms with Crippen LogP contribution >= 0.6 is 0 Å². The SMILES string of the molecule is NNC(=O)Cc1ccc[n+](Cc2ncco2)c1.O=C(O)C(F)(F)F.O=C([O-])C(F)(F)F. The molecule has 0 aliphatic heterocycles. The largest absolute Gasteiger partial charge is 0.542 e. The maximum absolute atomic E-state index is 11.1. The standard InChI is InChI=1S/C11H12N4O2.2C2HF3O2/c12-14-10(16)6-9-2-1-4-15(7-9)8-11-13-3-5-17-11;2*3-2(4,5)1(6)7/h1-5,7H,6,8,12H2;2*(H,6,7). The molecule has 10 nitrogen and oxygen atoms in total. The number of nitrogens with zero attached hydrogens (tertiary/aromatic N) is 2. The maximum atomic E-state index is 11.1. The van der Waals surface area contributed by atoms with Crippen molar-refractivity contribution in [3.8, 4) is 0 Å². The maximum Gasteiger partial charge on any atom is 0.490 e. The lowest BCUT2D eigenvalue weighted by Gasteiger charge is -2.03. The third-order valence-electron chi connectivity index (χ3n) is 2.72. The molecule has 2 rings (SSSR count). The number of alkyl halides is 6. The average molecular weight is 460 g/mol. The Bertz CT molecular complexity index is 830. The number of aromatic nitrogens is 2. The van der Waals surface area contributed by atoms with Gasteiger partial charge in [-0.3, -0.25) is 10.2 Å². The number of rotatable bonds is 4. The van der Waals surface area contributed by atoms with E-state index < -0.39 is 24.3 Å². The molecule has 1 amide bonds. The van der Waals surface area contributed by atoms with E-state index in [0.717, 1.165) is 5.56 Å². The molecular formula is C15H14F6N4O6. The van der Waals surface area contributed by atoms with E-state index in [1.54, 1.807) is 6.20 Å². The first kappa shape index (κ1) is 27.3. The van der Waals surface area contributed by atoms with Gasteiger partial charge in [0.1, 0.15) is 12.2 Å². The number of pyridine rings is 1. The Morgan fingerprint density at radius 3 is 2.13 bits per heavy atom. The zero-order chi connectivity index (χ0) is 24.2. The first-order valence-corrected chi connectivity index (χ1v) is 7.60. The number of carbonyl (C=O) groups is 3. The zero-order valence-corrected chi connectivity index (χ0v) is 15.1. The number of nitrogens with two attached hydrogens (primary N) is 1. The zero-order valence-electron chi connectivity index (χ0n) is 15.1. The van der Waals surface area contributed by atoms with Crippen LogP contribution in [0.3, 0.4) is 0 Å². The Labute approximate surface area is 168 Å². The monoisotopic (exact) mass is 460 g/mol. The Hall–Kier alpha value is -3.69. The van der Waals surface area contributed by atoms with Gasteiger partial charge in [0, 0.05) is 11.6 Å². The molecule has 2 aromatic heterocycles. The van der Waals surface area contributed by atoms with E-state index in [-0.39, 0.29) is 12.3 Å². The fraction of sp³-hybridized carbons (Fsp3) is 0.267. The molecule has 0 aliphatic rings. The molecule has 0 saturated heterocycles. The number of nitrogens with one attached hydrogen (secondary N) is 1. The highest BCUT2D eigenvalue weighted by atomic mass is 19.4. The van der Waals surface area contributed by atoms with Crippen LogP contribution in [-0.4, -0.2) is 40.3 Å². The van der Waals surface area contributed by atoms with Crippen molar-refractivity contribution in [2.75, 3.05) is 0 Å². The number of hydrazine groups is 1. The molecule has 0 fully saturated rings. The number of hydrogen-bond acceptors (Lipinski definition) is 7. The summed E-state index contributed by atoms with van der Waals surface area (Å²) in [5.74, 6) is -0.330. The predicted molar refractivity (Wildman–Crippen MR) is 83.0 cm³/mol. The van der Waals surface area contributed by atoms with E-state index in [9.17, 15) is 31.1 Å². The lowest BCUT2D eigenvalue weighted by molar-refractivity contribution is -0.690. The summed E-state index contributed by atoms with van der Waals surface area (Å²) in [6.45, 7) is 0.533. The predicted octanol–water partition coefficient (Wildman–Crippen LogP) is -0.525. The van der Waals surface area contributed by atoms with Crippen molar-refractivity contribution in [1.29, 1.82) is 0 Å². The Balaban J connectivity index is 0.000000536. The Morgan fingerprint density at radius 1 is 1.19 bits per heavy atom. The number of carboxylic acid groups (broad SMARTS) is 2. The minimum absolute atomic E-state index is 0.223. The molecule has 0 aromatic carbocycles. The smallest absolute Gasteiger partial charge is 0.490 e. The summed E-state index contributed by atoms with van der Waals surface area (Å²) in [5.41, 5.74) is 2.98. The van der Waals surface area contributed by atoms with E-state index in [1.807, 2.05) is 29.1 Å². The van der Waals surface area contributed by atoms with Crippen LogP contribution in [0.1, 0.15) is 11.5 Å². The van der Waals surface area contributed by atoms with Crippen molar-refractivity contribution in [1.82, 2.24) is 10.4 Å². The fourth-order valence-electron chi connectivity index (χ4n) is 1.50. The van der Waals surface area contributed by atoms with Gasteiger partial charge in [0.05, 0.1) is 12.6 Å². The van der Waals surface area contributed by atoms with E-state index in [1.165, 1.54) is 6.26 Å². The number of aliphatic carboxylic acids is 2. The van der Waals surface area contributed by atoms with Gasteiger partial charge in [-0.2, -0.15) is 30.9 Å². The second-order valence-corrected chi connectivity index (χ2v) is 5.14. The Kier molecular flexibility index (Phi) is 10.7. The van der Waals surface area contributed by atoms with Gasteiger partial charge in [0.2, 0.25) is 12.5 Å². The van der Waals surface area contributed by atoms with Gasteiger partial charge < -0.3 is 19.4 Å². The summed E-state index contributed by atoms with van der Waals surface area (Å²) in [4.78, 5) is 32.8. The van der Waals surface area contributed by atoms with Crippen molar-refractivity contribution in [2.45, 2.75) is 25.3 Å². The van der Waals surface area contributed by atoms with Crippen LogP contribution < -0.4 is 20.9 Å². The van der Waals surface area contributed by atoms with Crippen molar-refractivity contribution in [2.24, 2.45) is 5.84 Å². The first-order valence-electron chi connectivity index (χ1n) is 7.60. The van der Waals surface area contributed by atoms with Crippen molar-refractivity contribution >= 4 is 17.8 Å². The average Bonchev–Trinajstić information content (AvgIpc) is 3.14. The van der Waals surface area contributed by atoms with E-state index in [4.69, 9.17) is 30.1 Å². The number of hydrogen-bond donors (Lipinski definition) is 3. The molecule has 16 heteroatoms. The van der Waals surface area contributed by atoms with Gasteiger partial charge >= 0.3 is 18.3 Å². The summed E-state index contributed by atoms with van der Waals surface area (Å²) in [7, 11) is 0. The van der Waals surface area contributed by atoms with Gasteiger partial charge in [0.25, 0.3) is 5.89 Å². The lowest BCUT2D eigenvalue weighted by Crippen LogP contribution is -2.37. The van der Waals surface area contributed by atoms with Gasteiger partial charge in [-0.1, -0.05) is 0 Å². The number of carbonyl (C=O) groups excluding carboxylic acids is 2. The number of carboxylic acids is 2. The number of halogens is 6. The molecule has 0 unspecified atom stereocenters. The normalized spacial score (nSPS) is 10.7. The molecule has 0 bridgehead atoms. The molecule has 2 heterocycles. The summed E-state index contributed by atoms with van der Waals surface area (Å²) in [6, 6.07) is 3.73. The van der Waals surface area contributed by atoms with Crippen LogP contribution in [0, 0.1) is 0 Å². The summed E-state index contributed by atoms with van der Waals surface area (Å²) >= 11 is 0. The number of oxazole rings is 1. The minimum atomic E-state index is -5.19. The van der Waals surface area contributed by atoms with Crippen molar-refractivity contribution in [3.63, 3.8) is 0 Å². The number of amides is 1. The van der Waals surface area contributed by atoms with Crippen molar-refractivity contribution in [3.05, 3.63) is 48.4 Å². The molecule has 0 aliphatic carbocycles. The van der Waals surface area contributed by atoms with Crippen LogP contribution in [0.15, 0.2) is 41.4 Å². The molecule has 172 valence electrons. The molecule has 31 heavy (non-hydrogen) atoms. The second kappa shape index (κ2) is 12.1. The highest BCUT2D eigenvalue weighted by molar-refractivity contribution is 5.77. The molecule has 0 saturated carbocycles. The van der Waals surface area contributed by atoms with Crippen LogP contribution in [-0.2, 0) is 27.3 Å². The topological polar surface area (TPSA) is 162 Å². The van der Waals surface area contributed by atoms with E-state index in [0.29, 0.717) is 12.4 Å². The molecular weight excluding hydrogens is 446 g/mol. The van der Waals surface area contributed by atoms with Gasteiger partial charge in [-0.05, 0) is 6.07 Å². The van der Waals surface area contributed by atoms with Crippen LogP contribution in [0.2, 0.25) is 0 Å². The van der Waals surface area contributed by atoms with E-state index >= 15 is 0 Å². The van der Waals surface area contributed by atoms with Crippen LogP contribution in [0.5, 0.6) is 0 Å². The van der Waals surface area contributed by atoms with Gasteiger partial charge in [-0.25, -0.2) is 15.6 Å². The Morgan fingerprint density at radius 2 is 1.74 bits per heavy atom. The van der Waals surface area contributed by atoms with Gasteiger partial charge in [-0.15, -0.1) is 0 Å². The third kappa shape index (κ3) is 12.5. The van der Waals surface area contributed by atoms with Crippen molar-refractivity contribution < 1.29 is 59.9 Å². The third-order valence-corrected chi connectivity index (χ3v) is 2.72. The molecule has 0 atom stereocenters. The molecule has 4 N–H and O–H groups in total. The molecule has 2 aromatic rings.